The Morgan fingerprint density at radius 1 is 0.957 bits per heavy atom. The number of anilines is 1. The summed E-state index contributed by atoms with van der Waals surface area (Å²) in [5.74, 6) is 0. The van der Waals surface area contributed by atoms with E-state index in [0.717, 1.165) is 16.6 Å². The Hall–Kier alpha value is -2.72. The van der Waals surface area contributed by atoms with Gasteiger partial charge in [0.15, 0.2) is 5.11 Å². The lowest BCUT2D eigenvalue weighted by atomic mass is 10.1. The largest absolute Gasteiger partial charge is 0.331 e. The maximum atomic E-state index is 5.24. The Balaban J connectivity index is 1.66. The smallest absolute Gasteiger partial charge is 0.191 e. The number of aryl methyl sites for hydroxylation is 1. The van der Waals surface area contributed by atoms with E-state index in [2.05, 4.69) is 41.0 Å². The van der Waals surface area contributed by atoms with Crippen molar-refractivity contribution in [3.63, 3.8) is 0 Å². The average Bonchev–Trinajstić information content (AvgIpc) is 2.57. The molecular formula is C19H17N3S. The maximum absolute atomic E-state index is 5.24. The number of nitrogens with zero attached hydrogens (tertiary/aromatic N) is 1. The molecule has 3 nitrogen and oxygen atoms in total. The lowest BCUT2D eigenvalue weighted by molar-refractivity contribution is 1.05. The second-order valence-electron chi connectivity index (χ2n) is 5.26. The Labute approximate surface area is 141 Å². The number of nitrogens with one attached hydrogen (secondary N) is 2. The summed E-state index contributed by atoms with van der Waals surface area (Å²) in [6.07, 6.45) is 1.78. The normalized spacial score (nSPS) is 10.8. The van der Waals surface area contributed by atoms with E-state index in [1.807, 2.05) is 48.5 Å². The summed E-state index contributed by atoms with van der Waals surface area (Å²) in [4.78, 5) is 0. The third-order valence-electron chi connectivity index (χ3n) is 3.50. The van der Waals surface area contributed by atoms with Crippen molar-refractivity contribution in [3.05, 3.63) is 77.9 Å². The molecule has 0 unspecified atom stereocenters. The van der Waals surface area contributed by atoms with Crippen molar-refractivity contribution in [3.8, 4) is 0 Å². The number of hydrogen-bond acceptors (Lipinski definition) is 2. The van der Waals surface area contributed by atoms with Crippen LogP contribution in [-0.4, -0.2) is 11.3 Å². The van der Waals surface area contributed by atoms with Crippen molar-refractivity contribution in [2.45, 2.75) is 6.92 Å². The molecule has 0 aliphatic carbocycles. The highest BCUT2D eigenvalue weighted by molar-refractivity contribution is 7.80. The molecule has 0 atom stereocenters. The molecule has 0 radical (unpaired) electrons. The third kappa shape index (κ3) is 3.93. The molecule has 0 aliphatic rings. The Bertz CT molecular complexity index is 849. The van der Waals surface area contributed by atoms with Gasteiger partial charge in [-0.1, -0.05) is 60.2 Å². The van der Waals surface area contributed by atoms with Crippen molar-refractivity contribution in [2.75, 3.05) is 5.32 Å². The van der Waals surface area contributed by atoms with Crippen LogP contribution in [0.5, 0.6) is 0 Å². The van der Waals surface area contributed by atoms with Crippen LogP contribution in [0, 0.1) is 6.92 Å². The summed E-state index contributed by atoms with van der Waals surface area (Å²) in [7, 11) is 0. The van der Waals surface area contributed by atoms with E-state index in [-0.39, 0.29) is 0 Å². The zero-order valence-electron chi connectivity index (χ0n) is 12.8. The Morgan fingerprint density at radius 3 is 2.52 bits per heavy atom. The third-order valence-corrected chi connectivity index (χ3v) is 3.70. The number of hydrogen-bond donors (Lipinski definition) is 2. The summed E-state index contributed by atoms with van der Waals surface area (Å²) in [6.45, 7) is 2.05. The van der Waals surface area contributed by atoms with Crippen LogP contribution >= 0.6 is 12.2 Å². The molecule has 0 amide bonds. The first-order valence-corrected chi connectivity index (χ1v) is 7.78. The first-order chi connectivity index (χ1) is 11.2. The number of fused-ring (bicyclic) bond motifs is 1. The van der Waals surface area contributed by atoms with Gasteiger partial charge in [-0.3, -0.25) is 5.43 Å². The SMILES string of the molecule is Cc1ccc(NC(=S)NN=Cc2cccc3ccccc23)cc1. The quantitative estimate of drug-likeness (QED) is 0.425. The van der Waals surface area contributed by atoms with Crippen LogP contribution in [0.3, 0.4) is 0 Å². The fraction of sp³-hybridized carbons (Fsp3) is 0.0526. The Kier molecular flexibility index (Phi) is 4.64. The minimum Gasteiger partial charge on any atom is -0.331 e. The van der Waals surface area contributed by atoms with Gasteiger partial charge in [0.2, 0.25) is 0 Å². The fourth-order valence-electron chi connectivity index (χ4n) is 2.32. The molecular weight excluding hydrogens is 302 g/mol. The molecule has 0 aliphatic heterocycles. The van der Waals surface area contributed by atoms with Crippen LogP contribution in [0.15, 0.2) is 71.8 Å². The molecule has 0 bridgehead atoms. The molecule has 3 aromatic rings. The van der Waals surface area contributed by atoms with Crippen molar-refractivity contribution in [1.29, 1.82) is 0 Å². The lowest BCUT2D eigenvalue weighted by Crippen LogP contribution is -2.23. The molecule has 3 rings (SSSR count). The van der Waals surface area contributed by atoms with Crippen LogP contribution < -0.4 is 10.7 Å². The van der Waals surface area contributed by atoms with Crippen LogP contribution in [0.1, 0.15) is 11.1 Å². The van der Waals surface area contributed by atoms with Gasteiger partial charge in [0, 0.05) is 11.3 Å². The van der Waals surface area contributed by atoms with E-state index in [0.29, 0.717) is 5.11 Å². The van der Waals surface area contributed by atoms with E-state index in [1.54, 1.807) is 6.21 Å². The first-order valence-electron chi connectivity index (χ1n) is 7.37. The minimum absolute atomic E-state index is 0.463. The van der Waals surface area contributed by atoms with Crippen LogP contribution in [0.25, 0.3) is 10.8 Å². The van der Waals surface area contributed by atoms with Crippen molar-refractivity contribution >= 4 is 40.0 Å². The van der Waals surface area contributed by atoms with Gasteiger partial charge in [0.25, 0.3) is 0 Å². The number of thiocarbonyl (C=S) groups is 1. The highest BCUT2D eigenvalue weighted by Gasteiger charge is 1.98. The molecule has 0 aromatic heterocycles. The Morgan fingerprint density at radius 2 is 1.70 bits per heavy atom. The van der Waals surface area contributed by atoms with Crippen LogP contribution in [-0.2, 0) is 0 Å². The van der Waals surface area contributed by atoms with Crippen LogP contribution in [0.2, 0.25) is 0 Å². The number of rotatable bonds is 3. The molecule has 114 valence electrons. The average molecular weight is 319 g/mol. The van der Waals surface area contributed by atoms with Gasteiger partial charge in [0.1, 0.15) is 0 Å². The maximum Gasteiger partial charge on any atom is 0.191 e. The van der Waals surface area contributed by atoms with Crippen molar-refractivity contribution in [1.82, 2.24) is 5.43 Å². The fourth-order valence-corrected chi connectivity index (χ4v) is 2.49. The second-order valence-corrected chi connectivity index (χ2v) is 5.67. The van der Waals surface area contributed by atoms with Gasteiger partial charge in [-0.05, 0) is 42.0 Å². The molecule has 0 saturated carbocycles. The molecule has 0 saturated heterocycles. The summed E-state index contributed by atoms with van der Waals surface area (Å²) < 4.78 is 0. The molecule has 3 aromatic carbocycles. The van der Waals surface area contributed by atoms with Crippen LogP contribution in [0.4, 0.5) is 5.69 Å². The lowest BCUT2D eigenvalue weighted by Gasteiger charge is -2.07. The first kappa shape index (κ1) is 15.2. The van der Waals surface area contributed by atoms with E-state index in [9.17, 15) is 0 Å². The van der Waals surface area contributed by atoms with Gasteiger partial charge in [0.05, 0.1) is 6.21 Å². The topological polar surface area (TPSA) is 36.4 Å². The molecule has 0 spiro atoms. The molecule has 2 N–H and O–H groups in total. The van der Waals surface area contributed by atoms with Gasteiger partial charge < -0.3 is 5.32 Å². The number of benzene rings is 3. The van der Waals surface area contributed by atoms with E-state index in [4.69, 9.17) is 12.2 Å². The predicted molar refractivity (Wildman–Crippen MR) is 102 cm³/mol. The second kappa shape index (κ2) is 7.03. The van der Waals surface area contributed by atoms with Gasteiger partial charge in [-0.2, -0.15) is 5.10 Å². The molecule has 0 heterocycles. The molecule has 4 heteroatoms. The summed E-state index contributed by atoms with van der Waals surface area (Å²) in [5, 5.41) is 10.1. The van der Waals surface area contributed by atoms with Gasteiger partial charge in [-0.25, -0.2) is 0 Å². The zero-order chi connectivity index (χ0) is 16.1. The highest BCUT2D eigenvalue weighted by atomic mass is 32.1. The van der Waals surface area contributed by atoms with Gasteiger partial charge >= 0.3 is 0 Å². The minimum atomic E-state index is 0.463. The summed E-state index contributed by atoms with van der Waals surface area (Å²) in [6, 6.07) is 22.4. The molecule has 23 heavy (non-hydrogen) atoms. The van der Waals surface area contributed by atoms with Gasteiger partial charge in [-0.15, -0.1) is 0 Å². The van der Waals surface area contributed by atoms with E-state index in [1.165, 1.54) is 10.9 Å². The highest BCUT2D eigenvalue weighted by Crippen LogP contribution is 2.16. The van der Waals surface area contributed by atoms with Crippen molar-refractivity contribution in [2.24, 2.45) is 5.10 Å². The van der Waals surface area contributed by atoms with Crippen molar-refractivity contribution < 1.29 is 0 Å². The standard InChI is InChI=1S/C19H17N3S/c1-14-9-11-17(12-10-14)21-19(23)22-20-13-16-7-4-6-15-5-2-3-8-18(15)16/h2-13H,1H3,(H2,21,22,23). The zero-order valence-corrected chi connectivity index (χ0v) is 13.6. The molecule has 0 fully saturated rings. The predicted octanol–water partition coefficient (Wildman–Crippen LogP) is 4.47. The summed E-state index contributed by atoms with van der Waals surface area (Å²) >= 11 is 5.24. The monoisotopic (exact) mass is 319 g/mol. The van der Waals surface area contributed by atoms with E-state index >= 15 is 0 Å². The number of hydrazone groups is 1. The van der Waals surface area contributed by atoms with E-state index < -0.39 is 0 Å². The summed E-state index contributed by atoms with van der Waals surface area (Å²) in [5.41, 5.74) is 6.05.